The zero-order valence-corrected chi connectivity index (χ0v) is 16.3. The van der Waals surface area contributed by atoms with Gasteiger partial charge in [-0.1, -0.05) is 12.1 Å². The number of carbonyl (C=O) groups is 3. The predicted octanol–water partition coefficient (Wildman–Crippen LogP) is 4.35. The second kappa shape index (κ2) is 7.34. The van der Waals surface area contributed by atoms with E-state index in [1.54, 1.807) is 51.1 Å². The van der Waals surface area contributed by atoms with E-state index in [-0.39, 0.29) is 18.2 Å². The summed E-state index contributed by atoms with van der Waals surface area (Å²) in [5.41, 5.74) is 2.65. The zero-order valence-electron chi connectivity index (χ0n) is 16.3. The Morgan fingerprint density at radius 2 is 1.79 bits per heavy atom. The number of aryl methyl sites for hydroxylation is 1. The molecule has 0 radical (unpaired) electrons. The number of benzene rings is 2. The highest BCUT2D eigenvalue weighted by Crippen LogP contribution is 2.37. The van der Waals surface area contributed by atoms with Gasteiger partial charge >= 0.3 is 6.09 Å². The van der Waals surface area contributed by atoms with E-state index in [2.05, 4.69) is 10.6 Å². The van der Waals surface area contributed by atoms with Crippen molar-refractivity contribution >= 4 is 40.7 Å². The van der Waals surface area contributed by atoms with Gasteiger partial charge in [-0.25, -0.2) is 4.79 Å². The monoisotopic (exact) mass is 381 g/mol. The van der Waals surface area contributed by atoms with E-state index >= 15 is 0 Å². The molecule has 0 saturated heterocycles. The molecule has 3 rings (SSSR count). The summed E-state index contributed by atoms with van der Waals surface area (Å²) in [5, 5.41) is 5.46. The number of carbonyl (C=O) groups excluding carboxylic acids is 3. The molecule has 7 nitrogen and oxygen atoms in total. The molecule has 0 fully saturated rings. The van der Waals surface area contributed by atoms with Crippen LogP contribution in [0.3, 0.4) is 0 Å². The Kier molecular flexibility index (Phi) is 5.09. The van der Waals surface area contributed by atoms with Crippen molar-refractivity contribution in [1.29, 1.82) is 0 Å². The van der Waals surface area contributed by atoms with Crippen LogP contribution in [-0.4, -0.2) is 23.5 Å². The number of hydrogen-bond donors (Lipinski definition) is 2. The second-order valence-corrected chi connectivity index (χ2v) is 7.60. The van der Waals surface area contributed by atoms with Crippen LogP contribution in [0.1, 0.15) is 32.8 Å². The molecular weight excluding hydrogens is 358 g/mol. The van der Waals surface area contributed by atoms with Gasteiger partial charge in [0.15, 0.2) is 0 Å². The molecule has 2 aromatic rings. The molecule has 0 aromatic heterocycles. The molecule has 1 heterocycles. The first kappa shape index (κ1) is 19.4. The molecular formula is C21H23N3O4. The summed E-state index contributed by atoms with van der Waals surface area (Å²) in [6.07, 6.45) is -0.798. The number of hydrogen-bond acceptors (Lipinski definition) is 4. The van der Waals surface area contributed by atoms with Gasteiger partial charge in [-0.15, -0.1) is 0 Å². The van der Waals surface area contributed by atoms with E-state index in [1.165, 1.54) is 4.90 Å². The van der Waals surface area contributed by atoms with Crippen LogP contribution < -0.4 is 15.5 Å². The quantitative estimate of drug-likeness (QED) is 0.757. The van der Waals surface area contributed by atoms with Crippen LogP contribution in [0.15, 0.2) is 42.5 Å². The molecule has 2 N–H and O–H groups in total. The van der Waals surface area contributed by atoms with Gasteiger partial charge in [-0.3, -0.25) is 19.8 Å². The summed E-state index contributed by atoms with van der Waals surface area (Å²) in [5.74, 6) is -0.666. The van der Waals surface area contributed by atoms with Crippen molar-refractivity contribution in [3.8, 4) is 0 Å². The summed E-state index contributed by atoms with van der Waals surface area (Å²) in [7, 11) is 0. The van der Waals surface area contributed by atoms with Crippen LogP contribution in [0.2, 0.25) is 0 Å². The lowest BCUT2D eigenvalue weighted by atomic mass is 10.1. The van der Waals surface area contributed by atoms with Gasteiger partial charge in [-0.05, 0) is 63.6 Å². The van der Waals surface area contributed by atoms with Crippen molar-refractivity contribution < 1.29 is 19.1 Å². The molecule has 0 bridgehead atoms. The van der Waals surface area contributed by atoms with E-state index in [9.17, 15) is 14.4 Å². The standard InChI is InChI=1S/C21H23N3O4/c1-13-6-5-7-16-19(13)23-17(25)12-18(26)24(16)15-10-8-14(9-11-15)22-20(27)28-21(2,3)4/h5-11H,12H2,1-4H3,(H,22,27)(H,23,25). The Balaban J connectivity index is 1.89. The van der Waals surface area contributed by atoms with E-state index < -0.39 is 11.7 Å². The lowest BCUT2D eigenvalue weighted by Crippen LogP contribution is -2.27. The summed E-state index contributed by atoms with van der Waals surface area (Å²) < 4.78 is 5.23. The number of anilines is 4. The van der Waals surface area contributed by atoms with Crippen LogP contribution in [-0.2, 0) is 14.3 Å². The molecule has 7 heteroatoms. The fraction of sp³-hybridized carbons (Fsp3) is 0.286. The first-order valence-corrected chi connectivity index (χ1v) is 8.96. The van der Waals surface area contributed by atoms with E-state index in [0.717, 1.165) is 5.56 Å². The van der Waals surface area contributed by atoms with Gasteiger partial charge in [0.1, 0.15) is 12.0 Å². The van der Waals surface area contributed by atoms with Gasteiger partial charge in [0.25, 0.3) is 0 Å². The van der Waals surface area contributed by atoms with Crippen LogP contribution in [0.4, 0.5) is 27.5 Å². The molecule has 2 aromatic carbocycles. The molecule has 0 spiro atoms. The Morgan fingerprint density at radius 3 is 2.43 bits per heavy atom. The molecule has 146 valence electrons. The number of amides is 3. The fourth-order valence-electron chi connectivity index (χ4n) is 2.93. The largest absolute Gasteiger partial charge is 0.444 e. The second-order valence-electron chi connectivity index (χ2n) is 7.60. The smallest absolute Gasteiger partial charge is 0.412 e. The third kappa shape index (κ3) is 4.31. The molecule has 28 heavy (non-hydrogen) atoms. The number of ether oxygens (including phenoxy) is 1. The topological polar surface area (TPSA) is 87.7 Å². The molecule has 0 unspecified atom stereocenters. The SMILES string of the molecule is Cc1cccc2c1NC(=O)CC(=O)N2c1ccc(NC(=O)OC(C)(C)C)cc1. The van der Waals surface area contributed by atoms with Gasteiger partial charge in [0.05, 0.1) is 11.4 Å². The maximum Gasteiger partial charge on any atom is 0.412 e. The lowest BCUT2D eigenvalue weighted by Gasteiger charge is -2.23. The number of nitrogens with zero attached hydrogens (tertiary/aromatic N) is 1. The van der Waals surface area contributed by atoms with Gasteiger partial charge in [-0.2, -0.15) is 0 Å². The highest BCUT2D eigenvalue weighted by atomic mass is 16.6. The minimum atomic E-state index is -0.594. The maximum atomic E-state index is 12.7. The minimum absolute atomic E-state index is 0.244. The molecule has 3 amide bonds. The number of fused-ring (bicyclic) bond motifs is 1. The van der Waals surface area contributed by atoms with Crippen molar-refractivity contribution in [2.75, 3.05) is 15.5 Å². The molecule has 0 atom stereocenters. The van der Waals surface area contributed by atoms with Crippen molar-refractivity contribution in [1.82, 2.24) is 0 Å². The fourth-order valence-corrected chi connectivity index (χ4v) is 2.93. The van der Waals surface area contributed by atoms with Crippen LogP contribution >= 0.6 is 0 Å². The first-order valence-electron chi connectivity index (χ1n) is 8.96. The highest BCUT2D eigenvalue weighted by molar-refractivity contribution is 6.17. The van der Waals surface area contributed by atoms with Crippen molar-refractivity contribution in [2.45, 2.75) is 39.7 Å². The third-order valence-corrected chi connectivity index (χ3v) is 4.09. The van der Waals surface area contributed by atoms with Crippen molar-refractivity contribution in [3.05, 3.63) is 48.0 Å². The maximum absolute atomic E-state index is 12.7. The number of rotatable bonds is 2. The molecule has 1 aliphatic rings. The number of para-hydroxylation sites is 1. The summed E-state index contributed by atoms with van der Waals surface area (Å²) >= 11 is 0. The third-order valence-electron chi connectivity index (χ3n) is 4.09. The Hall–Kier alpha value is -3.35. The normalized spacial score (nSPS) is 14.1. The van der Waals surface area contributed by atoms with E-state index in [4.69, 9.17) is 4.74 Å². The summed E-state index contributed by atoms with van der Waals surface area (Å²) in [4.78, 5) is 38.2. The zero-order chi connectivity index (χ0) is 20.5. The average molecular weight is 381 g/mol. The van der Waals surface area contributed by atoms with Gasteiger partial charge < -0.3 is 10.1 Å². The first-order chi connectivity index (χ1) is 13.1. The molecule has 1 aliphatic heterocycles. The lowest BCUT2D eigenvalue weighted by molar-refractivity contribution is -0.124. The summed E-state index contributed by atoms with van der Waals surface area (Å²) in [6, 6.07) is 12.3. The minimum Gasteiger partial charge on any atom is -0.444 e. The van der Waals surface area contributed by atoms with Crippen molar-refractivity contribution in [3.63, 3.8) is 0 Å². The van der Waals surface area contributed by atoms with E-state index in [0.29, 0.717) is 22.7 Å². The van der Waals surface area contributed by atoms with Gasteiger partial charge in [0, 0.05) is 11.4 Å². The Labute approximate surface area is 163 Å². The average Bonchev–Trinajstić information content (AvgIpc) is 2.70. The Morgan fingerprint density at radius 1 is 1.11 bits per heavy atom. The summed E-state index contributed by atoms with van der Waals surface area (Å²) in [6.45, 7) is 7.24. The Bertz CT molecular complexity index is 930. The number of nitrogens with one attached hydrogen (secondary N) is 2. The highest BCUT2D eigenvalue weighted by Gasteiger charge is 2.28. The van der Waals surface area contributed by atoms with Crippen LogP contribution in [0.25, 0.3) is 0 Å². The van der Waals surface area contributed by atoms with E-state index in [1.807, 2.05) is 19.1 Å². The molecule has 0 saturated carbocycles. The van der Waals surface area contributed by atoms with Crippen molar-refractivity contribution in [2.24, 2.45) is 0 Å². The van der Waals surface area contributed by atoms with Crippen LogP contribution in [0.5, 0.6) is 0 Å². The predicted molar refractivity (Wildman–Crippen MR) is 108 cm³/mol. The van der Waals surface area contributed by atoms with Crippen LogP contribution in [0, 0.1) is 6.92 Å². The molecule has 0 aliphatic carbocycles. The van der Waals surface area contributed by atoms with Gasteiger partial charge in [0.2, 0.25) is 11.8 Å².